The van der Waals surface area contributed by atoms with E-state index in [4.69, 9.17) is 5.73 Å². The number of benzene rings is 1. The minimum atomic E-state index is -2.91. The molecule has 2 N–H and O–H groups in total. The van der Waals surface area contributed by atoms with Crippen LogP contribution in [0.1, 0.15) is 0 Å². The van der Waals surface area contributed by atoms with Gasteiger partial charge in [-0.25, -0.2) is 4.98 Å². The molecule has 0 aliphatic rings. The Kier molecular flexibility index (Phi) is 3.13. The number of hydrogen-bond acceptors (Lipinski definition) is 4. The molecule has 88 valence electrons. The van der Waals surface area contributed by atoms with Crippen molar-refractivity contribution in [3.05, 3.63) is 36.7 Å². The highest BCUT2D eigenvalue weighted by molar-refractivity contribution is 5.61. The average molecular weight is 237 g/mol. The Balaban J connectivity index is 2.29. The highest BCUT2D eigenvalue weighted by Crippen LogP contribution is 2.20. The van der Waals surface area contributed by atoms with E-state index in [1.165, 1.54) is 6.20 Å². The van der Waals surface area contributed by atoms with Crippen molar-refractivity contribution >= 4 is 5.69 Å². The van der Waals surface area contributed by atoms with Crippen molar-refractivity contribution in [2.45, 2.75) is 6.61 Å². The molecule has 0 aliphatic carbocycles. The van der Waals surface area contributed by atoms with E-state index in [1.807, 2.05) is 0 Å². The van der Waals surface area contributed by atoms with Gasteiger partial charge in [-0.1, -0.05) is 12.1 Å². The standard InChI is InChI=1S/C11H9F2N3O/c12-11(13)17-10-6-15-5-9(16-10)7-1-3-8(14)4-2-7/h1-6,11H,14H2. The lowest BCUT2D eigenvalue weighted by Crippen LogP contribution is -2.04. The van der Waals surface area contributed by atoms with Crippen molar-refractivity contribution in [1.29, 1.82) is 0 Å². The summed E-state index contributed by atoms with van der Waals surface area (Å²) in [6.45, 7) is -2.91. The van der Waals surface area contributed by atoms with Gasteiger partial charge < -0.3 is 10.5 Å². The number of alkyl halides is 2. The highest BCUT2D eigenvalue weighted by atomic mass is 19.3. The summed E-state index contributed by atoms with van der Waals surface area (Å²) in [7, 11) is 0. The summed E-state index contributed by atoms with van der Waals surface area (Å²) in [6, 6.07) is 6.84. The summed E-state index contributed by atoms with van der Waals surface area (Å²) in [5, 5.41) is 0. The highest BCUT2D eigenvalue weighted by Gasteiger charge is 2.07. The second kappa shape index (κ2) is 4.73. The Morgan fingerprint density at radius 1 is 1.12 bits per heavy atom. The smallest absolute Gasteiger partial charge is 0.388 e. The number of anilines is 1. The Morgan fingerprint density at radius 3 is 2.47 bits per heavy atom. The summed E-state index contributed by atoms with van der Waals surface area (Å²) in [5.74, 6) is -0.214. The number of ether oxygens (including phenoxy) is 1. The number of aromatic nitrogens is 2. The molecule has 0 aliphatic heterocycles. The average Bonchev–Trinajstić information content (AvgIpc) is 2.29. The lowest BCUT2D eigenvalue weighted by molar-refractivity contribution is -0.0530. The van der Waals surface area contributed by atoms with Gasteiger partial charge in [0, 0.05) is 11.3 Å². The van der Waals surface area contributed by atoms with E-state index in [0.29, 0.717) is 11.4 Å². The van der Waals surface area contributed by atoms with E-state index in [1.54, 1.807) is 24.3 Å². The van der Waals surface area contributed by atoms with Crippen LogP contribution in [0.4, 0.5) is 14.5 Å². The van der Waals surface area contributed by atoms with Crippen molar-refractivity contribution in [3.8, 4) is 17.1 Å². The van der Waals surface area contributed by atoms with E-state index in [0.717, 1.165) is 11.8 Å². The third-order valence-electron chi connectivity index (χ3n) is 2.03. The van der Waals surface area contributed by atoms with Crippen LogP contribution in [0.15, 0.2) is 36.7 Å². The zero-order valence-corrected chi connectivity index (χ0v) is 8.68. The first-order chi connectivity index (χ1) is 8.15. The van der Waals surface area contributed by atoms with Crippen molar-refractivity contribution in [2.75, 3.05) is 5.73 Å². The molecule has 0 atom stereocenters. The molecular weight excluding hydrogens is 228 g/mol. The number of nitrogens with two attached hydrogens (primary N) is 1. The fourth-order valence-electron chi connectivity index (χ4n) is 1.29. The van der Waals surface area contributed by atoms with Gasteiger partial charge >= 0.3 is 6.61 Å². The molecule has 4 nitrogen and oxygen atoms in total. The first-order valence-corrected chi connectivity index (χ1v) is 4.78. The monoisotopic (exact) mass is 237 g/mol. The number of nitrogens with zero attached hydrogens (tertiary/aromatic N) is 2. The van der Waals surface area contributed by atoms with E-state index >= 15 is 0 Å². The number of hydrogen-bond donors (Lipinski definition) is 1. The predicted molar refractivity (Wildman–Crippen MR) is 58.5 cm³/mol. The number of rotatable bonds is 3. The maximum atomic E-state index is 12.0. The maximum absolute atomic E-state index is 12.0. The van der Waals surface area contributed by atoms with E-state index in [-0.39, 0.29) is 5.88 Å². The van der Waals surface area contributed by atoms with Gasteiger partial charge in [0.15, 0.2) is 0 Å². The summed E-state index contributed by atoms with van der Waals surface area (Å²) < 4.78 is 28.2. The zero-order valence-electron chi connectivity index (χ0n) is 8.68. The molecule has 1 aromatic heterocycles. The normalized spacial score (nSPS) is 10.5. The van der Waals surface area contributed by atoms with Crippen molar-refractivity contribution in [3.63, 3.8) is 0 Å². The van der Waals surface area contributed by atoms with Crippen molar-refractivity contribution < 1.29 is 13.5 Å². The van der Waals surface area contributed by atoms with Crippen LogP contribution in [0.5, 0.6) is 5.88 Å². The minimum absolute atomic E-state index is 0.214. The van der Waals surface area contributed by atoms with Gasteiger partial charge in [0.2, 0.25) is 5.88 Å². The molecule has 0 fully saturated rings. The summed E-state index contributed by atoms with van der Waals surface area (Å²) in [6.07, 6.45) is 2.59. The summed E-state index contributed by atoms with van der Waals surface area (Å²) in [4.78, 5) is 7.69. The SMILES string of the molecule is Nc1ccc(-c2cncc(OC(F)F)n2)cc1. The number of halogens is 2. The topological polar surface area (TPSA) is 61.0 Å². The number of nitrogen functional groups attached to an aromatic ring is 1. The van der Waals surface area contributed by atoms with Gasteiger partial charge in [-0.3, -0.25) is 4.98 Å². The van der Waals surface area contributed by atoms with Crippen molar-refractivity contribution in [2.24, 2.45) is 0 Å². The van der Waals surface area contributed by atoms with E-state index in [2.05, 4.69) is 14.7 Å². The third-order valence-corrected chi connectivity index (χ3v) is 2.03. The Hall–Kier alpha value is -2.24. The Bertz CT molecular complexity index is 502. The maximum Gasteiger partial charge on any atom is 0.388 e. The van der Waals surface area contributed by atoms with Crippen LogP contribution >= 0.6 is 0 Å². The van der Waals surface area contributed by atoms with Gasteiger partial charge in [-0.15, -0.1) is 0 Å². The van der Waals surface area contributed by atoms with E-state index < -0.39 is 6.61 Å². The van der Waals surface area contributed by atoms with Crippen LogP contribution in [0.3, 0.4) is 0 Å². The first kappa shape index (κ1) is 11.3. The quantitative estimate of drug-likeness (QED) is 0.832. The molecule has 2 aromatic rings. The largest absolute Gasteiger partial charge is 0.415 e. The van der Waals surface area contributed by atoms with Gasteiger partial charge in [0.1, 0.15) is 0 Å². The Morgan fingerprint density at radius 2 is 1.82 bits per heavy atom. The van der Waals surface area contributed by atoms with Crippen LogP contribution in [-0.4, -0.2) is 16.6 Å². The molecule has 0 radical (unpaired) electrons. The molecule has 6 heteroatoms. The zero-order chi connectivity index (χ0) is 12.3. The van der Waals surface area contributed by atoms with E-state index in [9.17, 15) is 8.78 Å². The lowest BCUT2D eigenvalue weighted by atomic mass is 10.1. The van der Waals surface area contributed by atoms with Crippen LogP contribution in [0.25, 0.3) is 11.3 Å². The molecule has 0 unspecified atom stereocenters. The second-order valence-electron chi connectivity index (χ2n) is 3.24. The molecule has 0 saturated heterocycles. The molecule has 2 rings (SSSR count). The minimum Gasteiger partial charge on any atom is -0.415 e. The summed E-state index contributed by atoms with van der Waals surface area (Å²) in [5.41, 5.74) is 7.33. The van der Waals surface area contributed by atoms with Gasteiger partial charge in [-0.05, 0) is 12.1 Å². The third kappa shape index (κ3) is 2.87. The predicted octanol–water partition coefficient (Wildman–Crippen LogP) is 2.33. The lowest BCUT2D eigenvalue weighted by Gasteiger charge is -2.05. The first-order valence-electron chi connectivity index (χ1n) is 4.78. The van der Waals surface area contributed by atoms with Crippen LogP contribution in [0, 0.1) is 0 Å². The summed E-state index contributed by atoms with van der Waals surface area (Å²) >= 11 is 0. The van der Waals surface area contributed by atoms with Crippen molar-refractivity contribution in [1.82, 2.24) is 9.97 Å². The molecular formula is C11H9F2N3O. The molecule has 0 saturated carbocycles. The molecule has 17 heavy (non-hydrogen) atoms. The van der Waals surface area contributed by atoms with Crippen LogP contribution in [-0.2, 0) is 0 Å². The molecule has 0 amide bonds. The van der Waals surface area contributed by atoms with Gasteiger partial charge in [-0.2, -0.15) is 8.78 Å². The molecule has 1 heterocycles. The van der Waals surface area contributed by atoms with Gasteiger partial charge in [0.05, 0.1) is 18.1 Å². The fourth-order valence-corrected chi connectivity index (χ4v) is 1.29. The molecule has 1 aromatic carbocycles. The molecule has 0 bridgehead atoms. The van der Waals surface area contributed by atoms with Gasteiger partial charge in [0.25, 0.3) is 0 Å². The van der Waals surface area contributed by atoms with Crippen LogP contribution < -0.4 is 10.5 Å². The fraction of sp³-hybridized carbons (Fsp3) is 0.0909. The van der Waals surface area contributed by atoms with Crippen LogP contribution in [0.2, 0.25) is 0 Å². The Labute approximate surface area is 96.1 Å². The second-order valence-corrected chi connectivity index (χ2v) is 3.24. The molecule has 0 spiro atoms.